The number of ether oxygens (including phenoxy) is 1. The van der Waals surface area contributed by atoms with Crippen molar-refractivity contribution in [3.05, 3.63) is 0 Å². The maximum atomic E-state index is 11.3. The highest BCUT2D eigenvalue weighted by Crippen LogP contribution is 2.27. The van der Waals surface area contributed by atoms with Gasteiger partial charge in [-0.2, -0.15) is 0 Å². The predicted molar refractivity (Wildman–Crippen MR) is 85.9 cm³/mol. The van der Waals surface area contributed by atoms with Crippen LogP contribution in [0.5, 0.6) is 0 Å². The minimum atomic E-state index is -2.88. The molecule has 0 fully saturated rings. The molecule has 0 heterocycles. The highest BCUT2D eigenvalue weighted by Gasteiger charge is 2.32. The van der Waals surface area contributed by atoms with Crippen molar-refractivity contribution in [2.75, 3.05) is 25.2 Å². The molecule has 0 aliphatic heterocycles. The fourth-order valence-corrected chi connectivity index (χ4v) is 3.10. The zero-order valence-corrected chi connectivity index (χ0v) is 14.8. The minimum absolute atomic E-state index is 0.0342. The fraction of sp³-hybridized carbons (Fsp3) is 1.00. The van der Waals surface area contributed by atoms with Crippen molar-refractivity contribution in [1.29, 1.82) is 0 Å². The highest BCUT2D eigenvalue weighted by molar-refractivity contribution is 7.90. The molecule has 0 radical (unpaired) electrons. The van der Waals surface area contributed by atoms with E-state index in [-0.39, 0.29) is 23.3 Å². The Kier molecular flexibility index (Phi) is 8.95. The lowest BCUT2D eigenvalue weighted by molar-refractivity contribution is -0.0374. The van der Waals surface area contributed by atoms with Gasteiger partial charge in [-0.1, -0.05) is 27.7 Å². The van der Waals surface area contributed by atoms with Crippen molar-refractivity contribution in [3.8, 4) is 0 Å². The molecule has 0 amide bonds. The Morgan fingerprint density at radius 3 is 2.20 bits per heavy atom. The molecule has 5 heteroatoms. The van der Waals surface area contributed by atoms with Gasteiger partial charge in [-0.25, -0.2) is 8.42 Å². The van der Waals surface area contributed by atoms with Gasteiger partial charge in [-0.05, 0) is 38.1 Å². The second-order valence-corrected chi connectivity index (χ2v) is 8.83. The van der Waals surface area contributed by atoms with E-state index < -0.39 is 9.84 Å². The first-order chi connectivity index (χ1) is 9.11. The summed E-state index contributed by atoms with van der Waals surface area (Å²) in [5.41, 5.74) is 0.0342. The summed E-state index contributed by atoms with van der Waals surface area (Å²) in [6, 6.07) is 0.205. The molecule has 0 saturated carbocycles. The van der Waals surface area contributed by atoms with Crippen molar-refractivity contribution < 1.29 is 13.2 Å². The van der Waals surface area contributed by atoms with E-state index in [4.69, 9.17) is 4.74 Å². The third-order valence-electron chi connectivity index (χ3n) is 3.25. The molecule has 0 spiro atoms. The van der Waals surface area contributed by atoms with Crippen molar-refractivity contribution in [2.24, 2.45) is 5.41 Å². The predicted octanol–water partition coefficient (Wildman–Crippen LogP) is 2.63. The third-order valence-corrected chi connectivity index (χ3v) is 4.28. The third kappa shape index (κ3) is 8.93. The summed E-state index contributed by atoms with van der Waals surface area (Å²) in [5, 5.41) is 3.53. The van der Waals surface area contributed by atoms with Crippen LogP contribution in [0.3, 0.4) is 0 Å². The van der Waals surface area contributed by atoms with E-state index >= 15 is 0 Å². The van der Waals surface area contributed by atoms with Crippen LogP contribution in [0.2, 0.25) is 0 Å². The molecule has 0 aromatic carbocycles. The Hall–Kier alpha value is -0.130. The zero-order valence-electron chi connectivity index (χ0n) is 14.0. The Labute approximate surface area is 125 Å². The summed E-state index contributed by atoms with van der Waals surface area (Å²) < 4.78 is 28.5. The summed E-state index contributed by atoms with van der Waals surface area (Å²) in [7, 11) is -2.88. The Balaban J connectivity index is 4.72. The van der Waals surface area contributed by atoms with E-state index in [0.717, 1.165) is 19.4 Å². The first-order valence-electron chi connectivity index (χ1n) is 7.64. The second kappa shape index (κ2) is 9.00. The van der Waals surface area contributed by atoms with Gasteiger partial charge in [0.05, 0.1) is 6.10 Å². The molecule has 0 rings (SSSR count). The lowest BCUT2D eigenvalue weighted by atomic mass is 9.83. The summed E-state index contributed by atoms with van der Waals surface area (Å²) >= 11 is 0. The zero-order chi connectivity index (χ0) is 15.8. The van der Waals surface area contributed by atoms with E-state index in [1.165, 1.54) is 6.26 Å². The fourth-order valence-electron chi connectivity index (χ4n) is 2.40. The van der Waals surface area contributed by atoms with Gasteiger partial charge in [0.25, 0.3) is 0 Å². The van der Waals surface area contributed by atoms with Gasteiger partial charge in [0.15, 0.2) is 0 Å². The number of hydrogen-bond donors (Lipinski definition) is 1. The van der Waals surface area contributed by atoms with Crippen molar-refractivity contribution in [1.82, 2.24) is 5.32 Å². The van der Waals surface area contributed by atoms with Crippen LogP contribution in [-0.4, -0.2) is 45.7 Å². The molecule has 4 nitrogen and oxygen atoms in total. The normalized spacial score (nSPS) is 16.1. The van der Waals surface area contributed by atoms with E-state index in [9.17, 15) is 8.42 Å². The Morgan fingerprint density at radius 1 is 1.20 bits per heavy atom. The van der Waals surface area contributed by atoms with Crippen LogP contribution in [0, 0.1) is 5.41 Å². The molecule has 20 heavy (non-hydrogen) atoms. The maximum absolute atomic E-state index is 11.3. The largest absolute Gasteiger partial charge is 0.376 e. The van der Waals surface area contributed by atoms with E-state index in [1.807, 2.05) is 6.92 Å². The van der Waals surface area contributed by atoms with Crippen molar-refractivity contribution in [3.63, 3.8) is 0 Å². The Bertz CT molecular complexity index is 347. The summed E-state index contributed by atoms with van der Waals surface area (Å²) in [6.45, 7) is 12.3. The molecule has 0 aliphatic carbocycles. The van der Waals surface area contributed by atoms with Crippen LogP contribution >= 0.6 is 0 Å². The van der Waals surface area contributed by atoms with Gasteiger partial charge in [0, 0.05) is 24.7 Å². The molecular formula is C15H33NO3S. The van der Waals surface area contributed by atoms with Crippen LogP contribution in [0.1, 0.15) is 53.9 Å². The first-order valence-corrected chi connectivity index (χ1v) is 9.70. The first kappa shape index (κ1) is 19.9. The molecular weight excluding hydrogens is 274 g/mol. The molecule has 0 bridgehead atoms. The van der Waals surface area contributed by atoms with E-state index in [0.29, 0.717) is 13.0 Å². The van der Waals surface area contributed by atoms with Crippen LogP contribution in [-0.2, 0) is 14.6 Å². The number of hydrogen-bond acceptors (Lipinski definition) is 4. The summed E-state index contributed by atoms with van der Waals surface area (Å²) in [4.78, 5) is 0. The van der Waals surface area contributed by atoms with Gasteiger partial charge in [-0.3, -0.25) is 0 Å². The maximum Gasteiger partial charge on any atom is 0.147 e. The van der Waals surface area contributed by atoms with Crippen molar-refractivity contribution >= 4 is 9.84 Å². The number of nitrogens with one attached hydrogen (secondary N) is 1. The molecule has 0 aliphatic rings. The topological polar surface area (TPSA) is 55.4 Å². The van der Waals surface area contributed by atoms with E-state index in [2.05, 4.69) is 33.0 Å². The lowest BCUT2D eigenvalue weighted by Crippen LogP contribution is -2.48. The average molecular weight is 308 g/mol. The van der Waals surface area contributed by atoms with Gasteiger partial charge in [0.1, 0.15) is 9.84 Å². The standard InChI is InChI=1S/C15H33NO3S/c1-7-11-16-13(10-9-12-20(6,17)18)14(19-8-2)15(3,4)5/h13-14,16H,7-12H2,1-6H3. The van der Waals surface area contributed by atoms with Gasteiger partial charge in [0.2, 0.25) is 0 Å². The molecule has 0 aromatic heterocycles. The van der Waals surface area contributed by atoms with Crippen LogP contribution in [0.25, 0.3) is 0 Å². The van der Waals surface area contributed by atoms with Crippen LogP contribution in [0.15, 0.2) is 0 Å². The highest BCUT2D eigenvalue weighted by atomic mass is 32.2. The van der Waals surface area contributed by atoms with Gasteiger partial charge < -0.3 is 10.1 Å². The minimum Gasteiger partial charge on any atom is -0.376 e. The SMILES string of the molecule is CCCNC(CCCS(C)(=O)=O)C(OCC)C(C)(C)C. The smallest absolute Gasteiger partial charge is 0.147 e. The van der Waals surface area contributed by atoms with Crippen LogP contribution < -0.4 is 5.32 Å². The average Bonchev–Trinajstić information content (AvgIpc) is 2.28. The Morgan fingerprint density at radius 2 is 1.80 bits per heavy atom. The quantitative estimate of drug-likeness (QED) is 0.674. The summed E-state index contributed by atoms with van der Waals surface area (Å²) in [6.07, 6.45) is 3.96. The van der Waals surface area contributed by atoms with Gasteiger partial charge >= 0.3 is 0 Å². The molecule has 0 aromatic rings. The molecule has 122 valence electrons. The number of rotatable bonds is 10. The molecule has 2 unspecified atom stereocenters. The lowest BCUT2D eigenvalue weighted by Gasteiger charge is -2.37. The van der Waals surface area contributed by atoms with Crippen LogP contribution in [0.4, 0.5) is 0 Å². The second-order valence-electron chi connectivity index (χ2n) is 6.57. The summed E-state index contributed by atoms with van der Waals surface area (Å²) in [5.74, 6) is 0.250. The van der Waals surface area contributed by atoms with Gasteiger partial charge in [-0.15, -0.1) is 0 Å². The molecule has 2 atom stereocenters. The van der Waals surface area contributed by atoms with E-state index in [1.54, 1.807) is 0 Å². The molecule has 0 saturated heterocycles. The number of sulfone groups is 1. The monoisotopic (exact) mass is 307 g/mol. The van der Waals surface area contributed by atoms with Crippen molar-refractivity contribution in [2.45, 2.75) is 66.0 Å². The molecule has 1 N–H and O–H groups in total.